The highest BCUT2D eigenvalue weighted by Gasteiger charge is 2.27. The van der Waals surface area contributed by atoms with Crippen molar-refractivity contribution in [2.75, 3.05) is 32.9 Å². The molecule has 0 heterocycles. The van der Waals surface area contributed by atoms with Crippen molar-refractivity contribution < 1.29 is 22.6 Å². The molecule has 0 aromatic heterocycles. The number of unbranched alkanes of at least 4 members (excludes halogenated alkanes) is 1. The molecule has 9 heteroatoms. The fraction of sp³-hybridized carbons (Fsp3) is 0.632. The first kappa shape index (κ1) is 26.9. The van der Waals surface area contributed by atoms with E-state index in [1.807, 2.05) is 26.0 Å². The second-order valence-corrected chi connectivity index (χ2v) is 5.95. The van der Waals surface area contributed by atoms with Crippen LogP contribution in [0.4, 0.5) is 13.2 Å². The highest BCUT2D eigenvalue weighted by Crippen LogP contribution is 2.16. The molecular weight excluding hydrogens is 486 g/mol. The van der Waals surface area contributed by atoms with Crippen molar-refractivity contribution in [1.29, 1.82) is 0 Å². The summed E-state index contributed by atoms with van der Waals surface area (Å²) in [5, 5.41) is 6.47. The third-order valence-electron chi connectivity index (χ3n) is 3.53. The Kier molecular flexibility index (Phi) is 15.2. The average molecular weight is 517 g/mol. The van der Waals surface area contributed by atoms with Gasteiger partial charge in [0.2, 0.25) is 0 Å². The van der Waals surface area contributed by atoms with Gasteiger partial charge in [-0.3, -0.25) is 0 Å². The third kappa shape index (κ3) is 14.0. The van der Waals surface area contributed by atoms with Gasteiger partial charge in [0.15, 0.2) is 5.96 Å². The highest BCUT2D eigenvalue weighted by atomic mass is 127. The smallest absolute Gasteiger partial charge is 0.382 e. The predicted molar refractivity (Wildman–Crippen MR) is 116 cm³/mol. The minimum absolute atomic E-state index is 0. The van der Waals surface area contributed by atoms with E-state index in [9.17, 15) is 13.2 Å². The Morgan fingerprint density at radius 1 is 1.00 bits per heavy atom. The van der Waals surface area contributed by atoms with Crippen molar-refractivity contribution in [2.45, 2.75) is 46.0 Å². The molecule has 5 nitrogen and oxygen atoms in total. The van der Waals surface area contributed by atoms with Gasteiger partial charge < -0.3 is 20.1 Å². The minimum atomic E-state index is -4.30. The molecule has 0 aliphatic heterocycles. The molecule has 0 saturated carbocycles. The topological polar surface area (TPSA) is 54.9 Å². The van der Waals surface area contributed by atoms with E-state index >= 15 is 0 Å². The summed E-state index contributed by atoms with van der Waals surface area (Å²) in [6.07, 6.45) is -2.30. The molecule has 2 N–H and O–H groups in total. The van der Waals surface area contributed by atoms with Crippen LogP contribution in [0.3, 0.4) is 0 Å². The molecule has 1 aromatic carbocycles. The van der Waals surface area contributed by atoms with Crippen LogP contribution in [-0.4, -0.2) is 45.0 Å². The number of halogens is 4. The summed E-state index contributed by atoms with van der Waals surface area (Å²) in [6, 6.07) is 7.22. The molecule has 0 spiro atoms. The molecule has 0 fully saturated rings. The summed E-state index contributed by atoms with van der Waals surface area (Å²) in [5.41, 5.74) is 1.68. The number of rotatable bonds is 12. The fourth-order valence-electron chi connectivity index (χ4n) is 2.22. The predicted octanol–water partition coefficient (Wildman–Crippen LogP) is 4.26. The third-order valence-corrected chi connectivity index (χ3v) is 3.53. The van der Waals surface area contributed by atoms with Gasteiger partial charge in [0.25, 0.3) is 0 Å². The Hall–Kier alpha value is -1.07. The molecule has 0 aliphatic rings. The minimum Gasteiger partial charge on any atom is -0.382 e. The Bertz CT molecular complexity index is 540. The largest absolute Gasteiger partial charge is 0.411 e. The molecular formula is C19H31F3IN3O2. The lowest BCUT2D eigenvalue weighted by Gasteiger charge is -2.11. The number of aliphatic imine (C=N–C) groups is 1. The zero-order valence-corrected chi connectivity index (χ0v) is 18.8. The normalized spacial score (nSPS) is 11.8. The van der Waals surface area contributed by atoms with E-state index < -0.39 is 12.8 Å². The van der Waals surface area contributed by atoms with E-state index in [1.165, 1.54) is 0 Å². The number of alkyl halides is 3. The average Bonchev–Trinajstić information content (AvgIpc) is 2.62. The van der Waals surface area contributed by atoms with Crippen molar-refractivity contribution in [2.24, 2.45) is 4.99 Å². The molecule has 0 radical (unpaired) electrons. The second-order valence-electron chi connectivity index (χ2n) is 5.95. The lowest BCUT2D eigenvalue weighted by Crippen LogP contribution is -2.37. The van der Waals surface area contributed by atoms with E-state index in [4.69, 9.17) is 4.74 Å². The molecule has 0 aliphatic carbocycles. The number of benzene rings is 1. The number of guanidine groups is 1. The summed E-state index contributed by atoms with van der Waals surface area (Å²) in [6.45, 7) is 6.26. The molecule has 1 aromatic rings. The van der Waals surface area contributed by atoms with Gasteiger partial charge >= 0.3 is 6.18 Å². The van der Waals surface area contributed by atoms with Crippen LogP contribution in [0, 0.1) is 0 Å². The highest BCUT2D eigenvalue weighted by molar-refractivity contribution is 14.0. The van der Waals surface area contributed by atoms with Gasteiger partial charge in [-0.2, -0.15) is 13.2 Å². The first-order chi connectivity index (χ1) is 12.9. The van der Waals surface area contributed by atoms with E-state index in [1.54, 1.807) is 12.1 Å². The Morgan fingerprint density at radius 3 is 2.29 bits per heavy atom. The molecule has 0 unspecified atom stereocenters. The van der Waals surface area contributed by atoms with Gasteiger partial charge in [-0.25, -0.2) is 4.99 Å². The maximum atomic E-state index is 12.1. The summed E-state index contributed by atoms with van der Waals surface area (Å²) in [7, 11) is 0. The van der Waals surface area contributed by atoms with Crippen LogP contribution in [0.15, 0.2) is 29.3 Å². The molecule has 1 rings (SSSR count). The van der Waals surface area contributed by atoms with Crippen LogP contribution in [0.25, 0.3) is 0 Å². The van der Waals surface area contributed by atoms with E-state index in [-0.39, 0.29) is 30.6 Å². The maximum absolute atomic E-state index is 12.1. The number of hydrogen-bond acceptors (Lipinski definition) is 3. The molecule has 0 amide bonds. The van der Waals surface area contributed by atoms with Crippen LogP contribution in [0.1, 0.15) is 37.8 Å². The summed E-state index contributed by atoms with van der Waals surface area (Å²) in [5.74, 6) is 0.742. The zero-order valence-electron chi connectivity index (χ0n) is 16.5. The summed E-state index contributed by atoms with van der Waals surface area (Å²) >= 11 is 0. The fourth-order valence-corrected chi connectivity index (χ4v) is 2.22. The van der Waals surface area contributed by atoms with Crippen molar-refractivity contribution in [1.82, 2.24) is 10.6 Å². The van der Waals surface area contributed by atoms with Crippen LogP contribution in [0.2, 0.25) is 0 Å². The molecule has 162 valence electrons. The van der Waals surface area contributed by atoms with E-state index in [2.05, 4.69) is 20.4 Å². The first-order valence-electron chi connectivity index (χ1n) is 9.26. The van der Waals surface area contributed by atoms with E-state index in [0.717, 1.165) is 50.7 Å². The van der Waals surface area contributed by atoms with Gasteiger partial charge in [-0.15, -0.1) is 24.0 Å². The van der Waals surface area contributed by atoms with Crippen LogP contribution < -0.4 is 10.6 Å². The van der Waals surface area contributed by atoms with Gasteiger partial charge in [0.1, 0.15) is 6.61 Å². The van der Waals surface area contributed by atoms with Gasteiger partial charge in [-0.1, -0.05) is 24.3 Å². The molecule has 0 bridgehead atoms. The van der Waals surface area contributed by atoms with Crippen molar-refractivity contribution in [3.05, 3.63) is 35.4 Å². The monoisotopic (exact) mass is 517 g/mol. The van der Waals surface area contributed by atoms with Gasteiger partial charge in [-0.05, 0) is 37.8 Å². The van der Waals surface area contributed by atoms with E-state index in [0.29, 0.717) is 12.1 Å². The summed E-state index contributed by atoms with van der Waals surface area (Å²) < 4.78 is 46.2. The van der Waals surface area contributed by atoms with Crippen LogP contribution in [0.5, 0.6) is 0 Å². The Morgan fingerprint density at radius 2 is 1.68 bits per heavy atom. The lowest BCUT2D eigenvalue weighted by atomic mass is 10.1. The SMILES string of the molecule is CCNC(=NCc1ccc(COCC(F)(F)F)cc1)NCCCCOCC.I. The van der Waals surface area contributed by atoms with Crippen molar-refractivity contribution in [3.63, 3.8) is 0 Å². The molecule has 0 atom stereocenters. The number of hydrogen-bond donors (Lipinski definition) is 2. The van der Waals surface area contributed by atoms with Crippen molar-refractivity contribution in [3.8, 4) is 0 Å². The zero-order chi connectivity index (χ0) is 20.0. The van der Waals surface area contributed by atoms with Crippen LogP contribution >= 0.6 is 24.0 Å². The second kappa shape index (κ2) is 15.8. The molecule has 28 heavy (non-hydrogen) atoms. The number of ether oxygens (including phenoxy) is 2. The summed E-state index contributed by atoms with van der Waals surface area (Å²) in [4.78, 5) is 4.52. The molecule has 0 saturated heterocycles. The maximum Gasteiger partial charge on any atom is 0.411 e. The number of nitrogens with zero attached hydrogens (tertiary/aromatic N) is 1. The number of nitrogens with one attached hydrogen (secondary N) is 2. The Balaban J connectivity index is 0.00000729. The van der Waals surface area contributed by atoms with Gasteiger partial charge in [0, 0.05) is 26.3 Å². The quantitative estimate of drug-likeness (QED) is 0.189. The lowest BCUT2D eigenvalue weighted by molar-refractivity contribution is -0.176. The first-order valence-corrected chi connectivity index (χ1v) is 9.26. The van der Waals surface area contributed by atoms with Crippen LogP contribution in [-0.2, 0) is 22.6 Å². The van der Waals surface area contributed by atoms with Gasteiger partial charge in [0.05, 0.1) is 13.2 Å². The van der Waals surface area contributed by atoms with Crippen molar-refractivity contribution >= 4 is 29.9 Å². The standard InChI is InChI=1S/C19H30F3N3O2.HI/c1-3-23-18(24-11-5-6-12-26-4-2)25-13-16-7-9-17(10-8-16)14-27-15-19(20,21)22;/h7-10H,3-6,11-15H2,1-2H3,(H2,23,24,25);1H. The Labute approximate surface area is 182 Å².